The molecule has 0 aliphatic carbocycles. The number of para-hydroxylation sites is 1. The Hall–Kier alpha value is -2.45. The molecule has 0 atom stereocenters. The first-order chi connectivity index (χ1) is 13.6. The van der Waals surface area contributed by atoms with Crippen LogP contribution < -0.4 is 9.80 Å². The van der Waals surface area contributed by atoms with Crippen LogP contribution in [0.2, 0.25) is 5.28 Å². The number of hydrogen-bond donors (Lipinski definition) is 0. The van der Waals surface area contributed by atoms with E-state index in [0.29, 0.717) is 60.1 Å². The molecule has 6 nitrogen and oxygen atoms in total. The van der Waals surface area contributed by atoms with E-state index in [1.54, 1.807) is 24.4 Å². The number of halogens is 2. The molecule has 3 aromatic rings. The number of esters is 1. The number of carbonyl (C=O) groups is 1. The van der Waals surface area contributed by atoms with Gasteiger partial charge in [0.15, 0.2) is 0 Å². The highest BCUT2D eigenvalue weighted by Gasteiger charge is 2.26. The molecule has 0 amide bonds. The molecule has 0 bridgehead atoms. The van der Waals surface area contributed by atoms with Crippen LogP contribution in [0.3, 0.4) is 0 Å². The summed E-state index contributed by atoms with van der Waals surface area (Å²) in [6.07, 6.45) is 0. The van der Waals surface area contributed by atoms with Crippen molar-refractivity contribution in [2.75, 3.05) is 42.6 Å². The van der Waals surface area contributed by atoms with Crippen molar-refractivity contribution in [1.82, 2.24) is 9.97 Å². The van der Waals surface area contributed by atoms with Crippen LogP contribution in [-0.4, -0.2) is 48.7 Å². The number of hydrogen-bond acceptors (Lipinski definition) is 7. The molecular weight excluding hydrogens is 403 g/mol. The zero-order chi connectivity index (χ0) is 19.7. The van der Waals surface area contributed by atoms with Crippen LogP contribution >= 0.6 is 22.9 Å². The maximum absolute atomic E-state index is 14.1. The minimum Gasteiger partial charge on any atom is -0.462 e. The average molecular weight is 421 g/mol. The Morgan fingerprint density at radius 1 is 1.21 bits per heavy atom. The van der Waals surface area contributed by atoms with Crippen LogP contribution in [0.5, 0.6) is 0 Å². The summed E-state index contributed by atoms with van der Waals surface area (Å²) in [7, 11) is 0. The van der Waals surface area contributed by atoms with E-state index in [1.807, 2.05) is 11.0 Å². The molecule has 0 radical (unpaired) electrons. The average Bonchev–Trinajstić information content (AvgIpc) is 3.12. The first-order valence-electron chi connectivity index (χ1n) is 8.94. The van der Waals surface area contributed by atoms with Gasteiger partial charge in [-0.2, -0.15) is 4.98 Å². The van der Waals surface area contributed by atoms with Gasteiger partial charge in [0.25, 0.3) is 0 Å². The molecule has 1 aliphatic heterocycles. The highest BCUT2D eigenvalue weighted by atomic mass is 35.5. The molecule has 146 valence electrons. The first-order valence-corrected chi connectivity index (χ1v) is 10.2. The van der Waals surface area contributed by atoms with E-state index in [2.05, 4.69) is 14.9 Å². The highest BCUT2D eigenvalue weighted by molar-refractivity contribution is 7.17. The van der Waals surface area contributed by atoms with E-state index in [9.17, 15) is 9.18 Å². The van der Waals surface area contributed by atoms with Gasteiger partial charge in [-0.25, -0.2) is 14.2 Å². The van der Waals surface area contributed by atoms with E-state index < -0.39 is 5.97 Å². The normalized spacial score (nSPS) is 14.5. The number of anilines is 2. The molecule has 0 unspecified atom stereocenters. The largest absolute Gasteiger partial charge is 0.462 e. The SMILES string of the molecule is CCOC(=O)c1csc2nc(Cl)nc(N3CCN(c4ccccc4F)CC3)c12. The van der Waals surface area contributed by atoms with E-state index >= 15 is 0 Å². The molecule has 4 rings (SSSR count). The zero-order valence-electron chi connectivity index (χ0n) is 15.2. The smallest absolute Gasteiger partial charge is 0.339 e. The maximum Gasteiger partial charge on any atom is 0.339 e. The molecule has 0 saturated carbocycles. The topological polar surface area (TPSA) is 58.6 Å². The lowest BCUT2D eigenvalue weighted by Crippen LogP contribution is -2.47. The van der Waals surface area contributed by atoms with Crippen molar-refractivity contribution in [3.63, 3.8) is 0 Å². The van der Waals surface area contributed by atoms with Gasteiger partial charge in [0.1, 0.15) is 16.5 Å². The number of ether oxygens (including phenoxy) is 1. The Kier molecular flexibility index (Phi) is 5.32. The summed E-state index contributed by atoms with van der Waals surface area (Å²) in [6, 6.07) is 6.76. The van der Waals surface area contributed by atoms with Crippen LogP contribution in [-0.2, 0) is 4.74 Å². The van der Waals surface area contributed by atoms with Gasteiger partial charge in [0.2, 0.25) is 5.28 Å². The van der Waals surface area contributed by atoms with Crippen molar-refractivity contribution in [3.8, 4) is 0 Å². The van der Waals surface area contributed by atoms with Crippen molar-refractivity contribution in [2.24, 2.45) is 0 Å². The zero-order valence-corrected chi connectivity index (χ0v) is 16.8. The van der Waals surface area contributed by atoms with Gasteiger partial charge in [-0.15, -0.1) is 11.3 Å². The molecule has 0 spiro atoms. The third kappa shape index (κ3) is 3.49. The number of carbonyl (C=O) groups excluding carboxylic acids is 1. The summed E-state index contributed by atoms with van der Waals surface area (Å²) in [4.78, 5) is 25.7. The van der Waals surface area contributed by atoms with E-state index in [4.69, 9.17) is 16.3 Å². The van der Waals surface area contributed by atoms with Crippen molar-refractivity contribution >= 4 is 50.6 Å². The van der Waals surface area contributed by atoms with Crippen molar-refractivity contribution < 1.29 is 13.9 Å². The summed E-state index contributed by atoms with van der Waals surface area (Å²) in [6.45, 7) is 4.56. The number of aromatic nitrogens is 2. The minimum atomic E-state index is -0.397. The fourth-order valence-electron chi connectivity index (χ4n) is 3.35. The monoisotopic (exact) mass is 420 g/mol. The fraction of sp³-hybridized carbons (Fsp3) is 0.316. The predicted octanol–water partition coefficient (Wildman–Crippen LogP) is 3.99. The Morgan fingerprint density at radius 2 is 1.93 bits per heavy atom. The third-order valence-electron chi connectivity index (χ3n) is 4.65. The lowest BCUT2D eigenvalue weighted by Gasteiger charge is -2.37. The third-order valence-corrected chi connectivity index (χ3v) is 5.70. The minimum absolute atomic E-state index is 0.135. The van der Waals surface area contributed by atoms with Gasteiger partial charge in [-0.1, -0.05) is 12.1 Å². The standard InChI is InChI=1S/C19H18ClFN4O2S/c1-2-27-18(26)12-11-28-17-15(12)16(22-19(20)23-17)25-9-7-24(8-10-25)14-6-4-3-5-13(14)21/h3-6,11H,2,7-10H2,1H3. The molecule has 1 aromatic carbocycles. The Morgan fingerprint density at radius 3 is 2.64 bits per heavy atom. The Bertz CT molecular complexity index is 1020. The van der Waals surface area contributed by atoms with Crippen LogP contribution in [0.15, 0.2) is 29.6 Å². The molecule has 0 N–H and O–H groups in total. The molecule has 3 heterocycles. The lowest BCUT2D eigenvalue weighted by atomic mass is 10.2. The Labute approximate surface area is 170 Å². The highest BCUT2D eigenvalue weighted by Crippen LogP contribution is 2.34. The van der Waals surface area contributed by atoms with E-state index in [-0.39, 0.29) is 11.1 Å². The quantitative estimate of drug-likeness (QED) is 0.470. The van der Waals surface area contributed by atoms with Crippen molar-refractivity contribution in [3.05, 3.63) is 46.3 Å². The lowest BCUT2D eigenvalue weighted by molar-refractivity contribution is 0.0529. The number of thiophene rings is 1. The first kappa shape index (κ1) is 18.9. The molecule has 1 saturated heterocycles. The predicted molar refractivity (Wildman–Crippen MR) is 109 cm³/mol. The van der Waals surface area contributed by atoms with E-state index in [1.165, 1.54) is 17.4 Å². The second-order valence-electron chi connectivity index (χ2n) is 6.29. The molecule has 1 aliphatic rings. The molecular formula is C19H18ClFN4O2S. The van der Waals surface area contributed by atoms with Crippen molar-refractivity contribution in [2.45, 2.75) is 6.92 Å². The number of nitrogens with zero attached hydrogens (tertiary/aromatic N) is 4. The van der Waals surface area contributed by atoms with Gasteiger partial charge in [0, 0.05) is 31.6 Å². The number of piperazine rings is 1. The van der Waals surface area contributed by atoms with Gasteiger partial charge in [0.05, 0.1) is 23.2 Å². The fourth-order valence-corrected chi connectivity index (χ4v) is 4.47. The summed E-state index contributed by atoms with van der Waals surface area (Å²) in [5.74, 6) is -0.00995. The van der Waals surface area contributed by atoms with Crippen LogP contribution in [0, 0.1) is 5.82 Å². The van der Waals surface area contributed by atoms with Gasteiger partial charge < -0.3 is 14.5 Å². The van der Waals surface area contributed by atoms with Crippen molar-refractivity contribution in [1.29, 1.82) is 0 Å². The second kappa shape index (κ2) is 7.89. The summed E-state index contributed by atoms with van der Waals surface area (Å²) < 4.78 is 19.3. The number of fused-ring (bicyclic) bond motifs is 1. The summed E-state index contributed by atoms with van der Waals surface area (Å²) >= 11 is 7.46. The summed E-state index contributed by atoms with van der Waals surface area (Å²) in [5, 5.41) is 2.52. The maximum atomic E-state index is 14.1. The van der Waals surface area contributed by atoms with Gasteiger partial charge in [-0.3, -0.25) is 0 Å². The molecule has 2 aromatic heterocycles. The van der Waals surface area contributed by atoms with E-state index in [0.717, 1.165) is 0 Å². The van der Waals surface area contributed by atoms with Gasteiger partial charge in [-0.05, 0) is 30.7 Å². The number of rotatable bonds is 4. The van der Waals surface area contributed by atoms with Crippen LogP contribution in [0.4, 0.5) is 15.9 Å². The second-order valence-corrected chi connectivity index (χ2v) is 7.49. The van der Waals surface area contributed by atoms with Crippen LogP contribution in [0.1, 0.15) is 17.3 Å². The molecule has 1 fully saturated rings. The molecule has 28 heavy (non-hydrogen) atoms. The Balaban J connectivity index is 1.64. The molecule has 9 heteroatoms. The van der Waals surface area contributed by atoms with Gasteiger partial charge >= 0.3 is 5.97 Å². The number of benzene rings is 1. The summed E-state index contributed by atoms with van der Waals surface area (Å²) in [5.41, 5.74) is 1.04. The van der Waals surface area contributed by atoms with Crippen LogP contribution in [0.25, 0.3) is 10.2 Å².